The fraction of sp³-hybridized carbons (Fsp3) is 0.429. The van der Waals surface area contributed by atoms with E-state index < -0.39 is 0 Å². The predicted molar refractivity (Wildman–Crippen MR) is 71.7 cm³/mol. The monoisotopic (exact) mass is 259 g/mol. The lowest BCUT2D eigenvalue weighted by atomic mass is 10.2. The summed E-state index contributed by atoms with van der Waals surface area (Å²) in [6.07, 6.45) is 4.71. The largest absolute Gasteiger partial charge is 0.491 e. The number of pyridine rings is 1. The maximum Gasteiger partial charge on any atom is 0.163 e. The minimum Gasteiger partial charge on any atom is -0.491 e. The van der Waals surface area contributed by atoms with E-state index in [9.17, 15) is 4.79 Å². The molecule has 3 rings (SSSR count). The summed E-state index contributed by atoms with van der Waals surface area (Å²) in [5.74, 6) is 0.813. The molecule has 1 aliphatic rings. The Balaban J connectivity index is 1.69. The van der Waals surface area contributed by atoms with Crippen molar-refractivity contribution in [2.75, 3.05) is 26.2 Å². The maximum absolute atomic E-state index is 11.4. The standard InChI is InChI=1S/C14H17N3O2/c1-11(18)13-9-15-17-10-12(3-4-14(13)17)19-8-7-16-5-2-6-16/h3-4,9-10H,2,5-8H2,1H3. The molecule has 3 heterocycles. The molecular weight excluding hydrogens is 242 g/mol. The van der Waals surface area contributed by atoms with Gasteiger partial charge in [0.05, 0.1) is 23.5 Å². The third kappa shape index (κ3) is 2.46. The number of rotatable bonds is 5. The van der Waals surface area contributed by atoms with Crippen molar-refractivity contribution in [3.8, 4) is 5.75 Å². The number of nitrogens with zero attached hydrogens (tertiary/aromatic N) is 3. The highest BCUT2D eigenvalue weighted by Gasteiger charge is 2.13. The van der Waals surface area contributed by atoms with Crippen LogP contribution in [0.3, 0.4) is 0 Å². The van der Waals surface area contributed by atoms with Gasteiger partial charge in [0.25, 0.3) is 0 Å². The van der Waals surface area contributed by atoms with Crippen molar-refractivity contribution < 1.29 is 9.53 Å². The molecule has 0 N–H and O–H groups in total. The van der Waals surface area contributed by atoms with Crippen LogP contribution in [-0.2, 0) is 0 Å². The van der Waals surface area contributed by atoms with Gasteiger partial charge < -0.3 is 4.74 Å². The molecule has 5 nitrogen and oxygen atoms in total. The Morgan fingerprint density at radius 3 is 2.95 bits per heavy atom. The van der Waals surface area contributed by atoms with Crippen LogP contribution in [0.25, 0.3) is 5.52 Å². The number of Topliss-reactive ketones (excluding diaryl/α,β-unsaturated/α-hetero) is 1. The van der Waals surface area contributed by atoms with E-state index in [-0.39, 0.29) is 5.78 Å². The van der Waals surface area contributed by atoms with E-state index in [1.165, 1.54) is 19.5 Å². The molecule has 2 aromatic rings. The summed E-state index contributed by atoms with van der Waals surface area (Å²) >= 11 is 0. The van der Waals surface area contributed by atoms with Gasteiger partial charge in [-0.15, -0.1) is 0 Å². The number of ether oxygens (including phenoxy) is 1. The molecule has 2 aromatic heterocycles. The normalized spacial score (nSPS) is 15.4. The van der Waals surface area contributed by atoms with E-state index >= 15 is 0 Å². The molecule has 5 heteroatoms. The molecule has 0 amide bonds. The number of carbonyl (C=O) groups excluding carboxylic acids is 1. The second-order valence-corrected chi connectivity index (χ2v) is 4.85. The lowest BCUT2D eigenvalue weighted by Gasteiger charge is -2.30. The summed E-state index contributed by atoms with van der Waals surface area (Å²) in [7, 11) is 0. The summed E-state index contributed by atoms with van der Waals surface area (Å²) < 4.78 is 7.39. The van der Waals surface area contributed by atoms with Gasteiger partial charge in [0.2, 0.25) is 0 Å². The molecule has 19 heavy (non-hydrogen) atoms. The highest BCUT2D eigenvalue weighted by molar-refractivity contribution is 6.00. The third-order valence-electron chi connectivity index (χ3n) is 3.49. The molecule has 0 atom stereocenters. The number of aromatic nitrogens is 2. The average molecular weight is 259 g/mol. The molecule has 1 saturated heterocycles. The molecule has 0 saturated carbocycles. The maximum atomic E-state index is 11.4. The smallest absolute Gasteiger partial charge is 0.163 e. The highest BCUT2D eigenvalue weighted by Crippen LogP contribution is 2.17. The van der Waals surface area contributed by atoms with Crippen LogP contribution in [0.5, 0.6) is 5.75 Å². The fourth-order valence-corrected chi connectivity index (χ4v) is 2.22. The van der Waals surface area contributed by atoms with E-state index in [4.69, 9.17) is 4.74 Å². The number of hydrogen-bond acceptors (Lipinski definition) is 4. The Kier molecular flexibility index (Phi) is 3.21. The minimum atomic E-state index is 0.0291. The predicted octanol–water partition coefficient (Wildman–Crippen LogP) is 1.62. The van der Waals surface area contributed by atoms with Crippen molar-refractivity contribution in [1.82, 2.24) is 14.5 Å². The molecule has 0 bridgehead atoms. The zero-order valence-electron chi connectivity index (χ0n) is 11.0. The molecule has 1 fully saturated rings. The van der Waals surface area contributed by atoms with E-state index in [2.05, 4.69) is 10.00 Å². The SMILES string of the molecule is CC(=O)c1cnn2cc(OCCN3CCC3)ccc12. The summed E-state index contributed by atoms with van der Waals surface area (Å²) in [6, 6.07) is 3.77. The van der Waals surface area contributed by atoms with Crippen molar-refractivity contribution in [2.24, 2.45) is 0 Å². The highest BCUT2D eigenvalue weighted by atomic mass is 16.5. The van der Waals surface area contributed by atoms with Gasteiger partial charge in [0, 0.05) is 6.54 Å². The van der Waals surface area contributed by atoms with Crippen molar-refractivity contribution in [2.45, 2.75) is 13.3 Å². The Morgan fingerprint density at radius 2 is 2.26 bits per heavy atom. The lowest BCUT2D eigenvalue weighted by molar-refractivity contribution is 0.101. The first kappa shape index (κ1) is 12.2. The number of carbonyl (C=O) groups is 1. The van der Waals surface area contributed by atoms with Gasteiger partial charge in [-0.25, -0.2) is 4.52 Å². The number of hydrogen-bond donors (Lipinski definition) is 0. The lowest BCUT2D eigenvalue weighted by Crippen LogP contribution is -2.39. The summed E-state index contributed by atoms with van der Waals surface area (Å²) in [5.41, 5.74) is 1.47. The van der Waals surface area contributed by atoms with Crippen LogP contribution >= 0.6 is 0 Å². The Morgan fingerprint density at radius 1 is 1.42 bits per heavy atom. The molecule has 0 aromatic carbocycles. The van der Waals surface area contributed by atoms with Gasteiger partial charge in [-0.1, -0.05) is 0 Å². The van der Waals surface area contributed by atoms with Gasteiger partial charge in [0.1, 0.15) is 12.4 Å². The Bertz CT molecular complexity index is 602. The zero-order valence-corrected chi connectivity index (χ0v) is 11.0. The average Bonchev–Trinajstić information content (AvgIpc) is 2.75. The molecule has 100 valence electrons. The topological polar surface area (TPSA) is 46.8 Å². The van der Waals surface area contributed by atoms with Crippen LogP contribution in [0.1, 0.15) is 23.7 Å². The van der Waals surface area contributed by atoms with Crippen LogP contribution < -0.4 is 4.74 Å². The van der Waals surface area contributed by atoms with Crippen molar-refractivity contribution in [3.63, 3.8) is 0 Å². The Hall–Kier alpha value is -1.88. The first-order valence-corrected chi connectivity index (χ1v) is 6.57. The second-order valence-electron chi connectivity index (χ2n) is 4.85. The molecular formula is C14H17N3O2. The van der Waals surface area contributed by atoms with Crippen LogP contribution in [0, 0.1) is 0 Å². The first-order chi connectivity index (χ1) is 9.24. The molecule has 0 spiro atoms. The Labute approximate surface area is 111 Å². The van der Waals surface area contributed by atoms with Crippen LogP contribution in [0.15, 0.2) is 24.5 Å². The van der Waals surface area contributed by atoms with E-state index in [1.54, 1.807) is 17.6 Å². The number of ketones is 1. The fourth-order valence-electron chi connectivity index (χ4n) is 2.22. The summed E-state index contributed by atoms with van der Waals surface area (Å²) in [6.45, 7) is 5.57. The molecule has 0 aliphatic carbocycles. The second kappa shape index (κ2) is 5.01. The number of likely N-dealkylation sites (tertiary alicyclic amines) is 1. The molecule has 0 radical (unpaired) electrons. The van der Waals surface area contributed by atoms with Gasteiger partial charge in [-0.3, -0.25) is 9.69 Å². The number of fused-ring (bicyclic) bond motifs is 1. The first-order valence-electron chi connectivity index (χ1n) is 6.57. The van der Waals surface area contributed by atoms with Gasteiger partial charge >= 0.3 is 0 Å². The molecule has 0 unspecified atom stereocenters. The third-order valence-corrected chi connectivity index (χ3v) is 3.49. The zero-order chi connectivity index (χ0) is 13.2. The van der Waals surface area contributed by atoms with Gasteiger partial charge in [-0.2, -0.15) is 5.10 Å². The quantitative estimate of drug-likeness (QED) is 0.766. The van der Waals surface area contributed by atoms with Crippen LogP contribution in [-0.4, -0.2) is 46.5 Å². The molecule has 1 aliphatic heterocycles. The van der Waals surface area contributed by atoms with E-state index in [1.807, 2.05) is 18.3 Å². The van der Waals surface area contributed by atoms with Crippen molar-refractivity contribution >= 4 is 11.3 Å². The van der Waals surface area contributed by atoms with Crippen LogP contribution in [0.4, 0.5) is 0 Å². The minimum absolute atomic E-state index is 0.0291. The van der Waals surface area contributed by atoms with Gasteiger partial charge in [-0.05, 0) is 38.6 Å². The van der Waals surface area contributed by atoms with Crippen molar-refractivity contribution in [1.29, 1.82) is 0 Å². The van der Waals surface area contributed by atoms with E-state index in [0.29, 0.717) is 12.2 Å². The van der Waals surface area contributed by atoms with Gasteiger partial charge in [0.15, 0.2) is 5.78 Å². The van der Waals surface area contributed by atoms with E-state index in [0.717, 1.165) is 17.8 Å². The van der Waals surface area contributed by atoms with Crippen LogP contribution in [0.2, 0.25) is 0 Å². The van der Waals surface area contributed by atoms with Crippen molar-refractivity contribution in [3.05, 3.63) is 30.1 Å². The summed E-state index contributed by atoms with van der Waals surface area (Å²) in [5, 5.41) is 4.18. The summed E-state index contributed by atoms with van der Waals surface area (Å²) in [4.78, 5) is 13.8.